The summed E-state index contributed by atoms with van der Waals surface area (Å²) in [6, 6.07) is 0. The molecule has 0 radical (unpaired) electrons. The van der Waals surface area contributed by atoms with E-state index in [1.54, 1.807) is 0 Å². The van der Waals surface area contributed by atoms with Crippen molar-refractivity contribution in [3.05, 3.63) is 0 Å². The highest BCUT2D eigenvalue weighted by Crippen LogP contribution is 2.15. The Labute approximate surface area is 132 Å². The number of piperazine rings is 1. The van der Waals surface area contributed by atoms with Crippen LogP contribution < -0.4 is 0 Å². The summed E-state index contributed by atoms with van der Waals surface area (Å²) in [6.07, 6.45) is 2.51. The van der Waals surface area contributed by atoms with Crippen LogP contribution in [0.1, 0.15) is 39.5 Å². The molecule has 0 N–H and O–H groups in total. The second-order valence-electron chi connectivity index (χ2n) is 6.12. The maximum absolute atomic E-state index is 12.3. The van der Waals surface area contributed by atoms with Gasteiger partial charge in [-0.1, -0.05) is 13.8 Å². The topological polar surface area (TPSA) is 60.9 Å². The number of hydrogen-bond donors (Lipinski definition) is 0. The average Bonchev–Trinajstić information content (AvgIpc) is 2.85. The van der Waals surface area contributed by atoms with Crippen LogP contribution in [0.5, 0.6) is 0 Å². The number of likely N-dealkylation sites (tertiary alicyclic amines) is 1. The first-order valence-electron chi connectivity index (χ1n) is 8.41. The first kappa shape index (κ1) is 16.9. The van der Waals surface area contributed by atoms with Crippen molar-refractivity contribution in [2.24, 2.45) is 5.92 Å². The minimum absolute atomic E-state index is 0.0486. The molecule has 2 heterocycles. The highest BCUT2D eigenvalue weighted by Gasteiger charge is 2.30. The maximum atomic E-state index is 12.3. The molecule has 2 aliphatic rings. The van der Waals surface area contributed by atoms with Crippen LogP contribution in [0.3, 0.4) is 0 Å². The van der Waals surface area contributed by atoms with E-state index in [0.29, 0.717) is 25.9 Å². The minimum atomic E-state index is -0.0486. The van der Waals surface area contributed by atoms with Gasteiger partial charge in [0.2, 0.25) is 17.7 Å². The predicted molar refractivity (Wildman–Crippen MR) is 83.0 cm³/mol. The molecule has 0 bridgehead atoms. The number of carbonyl (C=O) groups excluding carboxylic acids is 3. The average molecular weight is 309 g/mol. The van der Waals surface area contributed by atoms with Crippen LogP contribution in [-0.4, -0.2) is 71.7 Å². The molecule has 0 unspecified atom stereocenters. The summed E-state index contributed by atoms with van der Waals surface area (Å²) in [5.41, 5.74) is 0. The van der Waals surface area contributed by atoms with Gasteiger partial charge >= 0.3 is 0 Å². The lowest BCUT2D eigenvalue weighted by molar-refractivity contribution is -0.138. The number of nitrogens with zero attached hydrogens (tertiary/aromatic N) is 3. The molecule has 0 aliphatic carbocycles. The standard InChI is InChI=1S/C16H27N3O3/c1-3-13(4-2)16(22)18-10-7-17(8-11-18)9-12-19-14(20)5-6-15(19)21/h13H,3-12H2,1-2H3. The third-order valence-corrected chi connectivity index (χ3v) is 4.81. The highest BCUT2D eigenvalue weighted by atomic mass is 16.2. The van der Waals surface area contributed by atoms with Crippen LogP contribution in [0.15, 0.2) is 0 Å². The summed E-state index contributed by atoms with van der Waals surface area (Å²) in [6.45, 7) is 8.46. The molecule has 0 saturated carbocycles. The first-order valence-corrected chi connectivity index (χ1v) is 8.41. The molecule has 0 atom stereocenters. The lowest BCUT2D eigenvalue weighted by Gasteiger charge is -2.36. The Morgan fingerprint density at radius 1 is 0.955 bits per heavy atom. The molecule has 3 amide bonds. The Morgan fingerprint density at radius 3 is 2.00 bits per heavy atom. The van der Waals surface area contributed by atoms with Crippen LogP contribution >= 0.6 is 0 Å². The second kappa shape index (κ2) is 7.72. The van der Waals surface area contributed by atoms with Crippen molar-refractivity contribution in [1.82, 2.24) is 14.7 Å². The predicted octanol–water partition coefficient (Wildman–Crippen LogP) is 0.716. The normalized spacial score (nSPS) is 20.3. The molecular formula is C16H27N3O3. The maximum Gasteiger partial charge on any atom is 0.229 e. The zero-order valence-electron chi connectivity index (χ0n) is 13.7. The fraction of sp³-hybridized carbons (Fsp3) is 0.812. The van der Waals surface area contributed by atoms with Gasteiger partial charge in [0.15, 0.2) is 0 Å². The van der Waals surface area contributed by atoms with Crippen molar-refractivity contribution < 1.29 is 14.4 Å². The van der Waals surface area contributed by atoms with Crippen molar-refractivity contribution in [3.8, 4) is 0 Å². The largest absolute Gasteiger partial charge is 0.340 e. The smallest absolute Gasteiger partial charge is 0.229 e. The van der Waals surface area contributed by atoms with Gasteiger partial charge in [-0.25, -0.2) is 0 Å². The zero-order chi connectivity index (χ0) is 16.1. The van der Waals surface area contributed by atoms with Gasteiger partial charge in [0, 0.05) is 58.0 Å². The molecule has 124 valence electrons. The zero-order valence-corrected chi connectivity index (χ0v) is 13.7. The quantitative estimate of drug-likeness (QED) is 0.678. The Kier molecular flexibility index (Phi) is 5.94. The molecule has 6 nitrogen and oxygen atoms in total. The van der Waals surface area contributed by atoms with Crippen molar-refractivity contribution in [1.29, 1.82) is 0 Å². The Bertz CT molecular complexity index is 410. The fourth-order valence-corrected chi connectivity index (χ4v) is 3.20. The van der Waals surface area contributed by atoms with Gasteiger partial charge in [0.1, 0.15) is 0 Å². The highest BCUT2D eigenvalue weighted by molar-refractivity contribution is 6.01. The summed E-state index contributed by atoms with van der Waals surface area (Å²) in [5, 5.41) is 0. The van der Waals surface area contributed by atoms with Gasteiger partial charge < -0.3 is 4.90 Å². The van der Waals surface area contributed by atoms with Gasteiger partial charge in [0.05, 0.1) is 0 Å². The molecule has 0 spiro atoms. The van der Waals surface area contributed by atoms with Crippen molar-refractivity contribution in [3.63, 3.8) is 0 Å². The summed E-state index contributed by atoms with van der Waals surface area (Å²) in [7, 11) is 0. The van der Waals surface area contributed by atoms with Crippen LogP contribution in [-0.2, 0) is 14.4 Å². The molecule has 2 fully saturated rings. The monoisotopic (exact) mass is 309 g/mol. The summed E-state index contributed by atoms with van der Waals surface area (Å²) < 4.78 is 0. The molecule has 6 heteroatoms. The van der Waals surface area contributed by atoms with E-state index >= 15 is 0 Å². The van der Waals surface area contributed by atoms with Gasteiger partial charge in [-0.05, 0) is 12.8 Å². The van der Waals surface area contributed by atoms with E-state index in [0.717, 1.165) is 39.0 Å². The van der Waals surface area contributed by atoms with Crippen molar-refractivity contribution in [2.45, 2.75) is 39.5 Å². The number of carbonyl (C=O) groups is 3. The summed E-state index contributed by atoms with van der Waals surface area (Å²) in [5.74, 6) is 0.320. The molecule has 0 aromatic rings. The lowest BCUT2D eigenvalue weighted by Crippen LogP contribution is -2.51. The van der Waals surface area contributed by atoms with Gasteiger partial charge in [-0.3, -0.25) is 24.2 Å². The van der Waals surface area contributed by atoms with Crippen LogP contribution in [0.2, 0.25) is 0 Å². The van der Waals surface area contributed by atoms with E-state index < -0.39 is 0 Å². The SMILES string of the molecule is CCC(CC)C(=O)N1CCN(CCN2C(=O)CCC2=O)CC1. The molecule has 2 aliphatic heterocycles. The molecular weight excluding hydrogens is 282 g/mol. The first-order chi connectivity index (χ1) is 10.6. The van der Waals surface area contributed by atoms with Gasteiger partial charge in [-0.15, -0.1) is 0 Å². The fourth-order valence-electron chi connectivity index (χ4n) is 3.20. The van der Waals surface area contributed by atoms with E-state index in [4.69, 9.17) is 0 Å². The van der Waals surface area contributed by atoms with E-state index in [-0.39, 0.29) is 23.6 Å². The Balaban J connectivity index is 1.74. The number of rotatable bonds is 6. The van der Waals surface area contributed by atoms with Crippen LogP contribution in [0.25, 0.3) is 0 Å². The Hall–Kier alpha value is -1.43. The van der Waals surface area contributed by atoms with Crippen molar-refractivity contribution >= 4 is 17.7 Å². The second-order valence-corrected chi connectivity index (χ2v) is 6.12. The third-order valence-electron chi connectivity index (χ3n) is 4.81. The third kappa shape index (κ3) is 3.85. The van der Waals surface area contributed by atoms with E-state index in [1.807, 2.05) is 4.90 Å². The Morgan fingerprint density at radius 2 is 1.50 bits per heavy atom. The van der Waals surface area contributed by atoms with Crippen LogP contribution in [0.4, 0.5) is 0 Å². The summed E-state index contributed by atoms with van der Waals surface area (Å²) >= 11 is 0. The molecule has 0 aromatic heterocycles. The van der Waals surface area contributed by atoms with Gasteiger partial charge in [0.25, 0.3) is 0 Å². The van der Waals surface area contributed by atoms with Gasteiger partial charge in [-0.2, -0.15) is 0 Å². The lowest BCUT2D eigenvalue weighted by atomic mass is 10.0. The number of hydrogen-bond acceptors (Lipinski definition) is 4. The molecule has 2 saturated heterocycles. The number of imide groups is 1. The molecule has 2 rings (SSSR count). The van der Waals surface area contributed by atoms with E-state index in [9.17, 15) is 14.4 Å². The van der Waals surface area contributed by atoms with E-state index in [1.165, 1.54) is 4.90 Å². The molecule has 0 aromatic carbocycles. The van der Waals surface area contributed by atoms with E-state index in [2.05, 4.69) is 18.7 Å². The molecule has 22 heavy (non-hydrogen) atoms. The van der Waals surface area contributed by atoms with Crippen molar-refractivity contribution in [2.75, 3.05) is 39.3 Å². The summed E-state index contributed by atoms with van der Waals surface area (Å²) in [4.78, 5) is 41.0. The number of amides is 3. The van der Waals surface area contributed by atoms with Crippen LogP contribution in [0, 0.1) is 5.92 Å². The minimum Gasteiger partial charge on any atom is -0.340 e.